The lowest BCUT2D eigenvalue weighted by molar-refractivity contribution is -0.125. The highest BCUT2D eigenvalue weighted by atomic mass is 32.1. The van der Waals surface area contributed by atoms with Gasteiger partial charge in [-0.3, -0.25) is 4.79 Å². The summed E-state index contributed by atoms with van der Waals surface area (Å²) in [4.78, 5) is 13.5. The van der Waals surface area contributed by atoms with Crippen LogP contribution in [0, 0.1) is 25.5 Å². The van der Waals surface area contributed by atoms with E-state index in [1.807, 2.05) is 19.2 Å². The SMILES string of the molecule is Cc1csc(C2=C(c3cc(F)cc(F)c3)C(=O)C(C)(C)O2)c1C. The molecule has 2 heterocycles. The van der Waals surface area contributed by atoms with Crippen molar-refractivity contribution < 1.29 is 18.3 Å². The van der Waals surface area contributed by atoms with Crippen LogP contribution in [0.3, 0.4) is 0 Å². The molecule has 0 aliphatic carbocycles. The smallest absolute Gasteiger partial charge is 0.210 e. The van der Waals surface area contributed by atoms with E-state index in [1.165, 1.54) is 11.3 Å². The van der Waals surface area contributed by atoms with E-state index in [0.717, 1.165) is 34.2 Å². The number of hydrogen-bond donors (Lipinski definition) is 0. The minimum atomic E-state index is -1.06. The molecule has 0 atom stereocenters. The van der Waals surface area contributed by atoms with Gasteiger partial charge in [0.1, 0.15) is 17.4 Å². The maximum atomic E-state index is 13.6. The fourth-order valence-electron chi connectivity index (χ4n) is 2.60. The van der Waals surface area contributed by atoms with Gasteiger partial charge in [-0.25, -0.2) is 8.78 Å². The number of Topliss-reactive ketones (excluding diaryl/α,β-unsaturated/α-hetero) is 1. The molecule has 1 aromatic heterocycles. The summed E-state index contributed by atoms with van der Waals surface area (Å²) < 4.78 is 33.1. The number of carbonyl (C=O) groups excluding carboxylic acids is 1. The lowest BCUT2D eigenvalue weighted by atomic mass is 9.93. The molecule has 1 aliphatic rings. The summed E-state index contributed by atoms with van der Waals surface area (Å²) in [6.07, 6.45) is 0. The Hall–Kier alpha value is -2.01. The highest BCUT2D eigenvalue weighted by Gasteiger charge is 2.43. The number of ketones is 1. The summed E-state index contributed by atoms with van der Waals surface area (Å²) in [7, 11) is 0. The summed E-state index contributed by atoms with van der Waals surface area (Å²) >= 11 is 1.46. The van der Waals surface area contributed by atoms with Crippen molar-refractivity contribution in [3.63, 3.8) is 0 Å². The standard InChI is InChI=1S/C18H16F2O2S/c1-9-8-23-16(10(9)2)15-14(17(21)18(3,4)22-15)11-5-12(19)7-13(20)6-11/h5-8H,1-4H3. The van der Waals surface area contributed by atoms with Gasteiger partial charge in [-0.05, 0) is 61.9 Å². The van der Waals surface area contributed by atoms with Gasteiger partial charge in [-0.1, -0.05) is 0 Å². The monoisotopic (exact) mass is 334 g/mol. The predicted molar refractivity (Wildman–Crippen MR) is 87.1 cm³/mol. The first-order valence-electron chi connectivity index (χ1n) is 7.20. The third-order valence-corrected chi connectivity index (χ3v) is 5.20. The van der Waals surface area contributed by atoms with Gasteiger partial charge in [-0.2, -0.15) is 0 Å². The molecule has 0 unspecified atom stereocenters. The van der Waals surface area contributed by atoms with Crippen molar-refractivity contribution in [3.8, 4) is 0 Å². The van der Waals surface area contributed by atoms with Crippen molar-refractivity contribution in [1.29, 1.82) is 0 Å². The molecule has 2 aromatic rings. The molecule has 0 radical (unpaired) electrons. The maximum Gasteiger partial charge on any atom is 0.210 e. The maximum absolute atomic E-state index is 13.6. The van der Waals surface area contributed by atoms with Crippen LogP contribution in [0.15, 0.2) is 23.6 Å². The number of ether oxygens (including phenoxy) is 1. The Morgan fingerprint density at radius 1 is 1.09 bits per heavy atom. The second-order valence-corrected chi connectivity index (χ2v) is 7.06. The molecule has 0 N–H and O–H groups in total. The highest BCUT2D eigenvalue weighted by molar-refractivity contribution is 7.11. The van der Waals surface area contributed by atoms with Crippen LogP contribution < -0.4 is 0 Å². The highest BCUT2D eigenvalue weighted by Crippen LogP contribution is 2.44. The minimum Gasteiger partial charge on any atom is -0.477 e. The van der Waals surface area contributed by atoms with E-state index < -0.39 is 17.2 Å². The lowest BCUT2D eigenvalue weighted by Gasteiger charge is -2.17. The van der Waals surface area contributed by atoms with Crippen LogP contribution in [0.1, 0.15) is 35.4 Å². The van der Waals surface area contributed by atoms with Gasteiger partial charge in [0.15, 0.2) is 5.60 Å². The number of carbonyl (C=O) groups is 1. The van der Waals surface area contributed by atoms with Gasteiger partial charge in [0, 0.05) is 6.07 Å². The van der Waals surface area contributed by atoms with Crippen LogP contribution >= 0.6 is 11.3 Å². The molecular weight excluding hydrogens is 318 g/mol. The van der Waals surface area contributed by atoms with Gasteiger partial charge in [-0.15, -0.1) is 11.3 Å². The summed E-state index contributed by atoms with van der Waals surface area (Å²) in [6, 6.07) is 3.11. The van der Waals surface area contributed by atoms with E-state index in [9.17, 15) is 13.6 Å². The van der Waals surface area contributed by atoms with E-state index in [0.29, 0.717) is 5.76 Å². The summed E-state index contributed by atoms with van der Waals surface area (Å²) in [5.74, 6) is -1.31. The van der Waals surface area contributed by atoms with Crippen molar-refractivity contribution in [1.82, 2.24) is 0 Å². The van der Waals surface area contributed by atoms with E-state index in [4.69, 9.17) is 4.74 Å². The molecule has 5 heteroatoms. The number of hydrogen-bond acceptors (Lipinski definition) is 3. The molecule has 1 aliphatic heterocycles. The molecular formula is C18H16F2O2S. The molecule has 23 heavy (non-hydrogen) atoms. The molecule has 1 aromatic carbocycles. The Labute approximate surface area is 137 Å². The minimum absolute atomic E-state index is 0.207. The topological polar surface area (TPSA) is 26.3 Å². The van der Waals surface area contributed by atoms with Crippen molar-refractivity contribution in [2.45, 2.75) is 33.3 Å². The van der Waals surface area contributed by atoms with Crippen molar-refractivity contribution in [2.24, 2.45) is 0 Å². The third-order valence-electron chi connectivity index (χ3n) is 4.00. The fourth-order valence-corrected chi connectivity index (χ4v) is 3.66. The largest absolute Gasteiger partial charge is 0.477 e. The van der Waals surface area contributed by atoms with Crippen LogP contribution in [-0.4, -0.2) is 11.4 Å². The summed E-state index contributed by atoms with van der Waals surface area (Å²) in [5, 5.41) is 1.97. The molecule has 0 fully saturated rings. The van der Waals surface area contributed by atoms with Gasteiger partial charge in [0.05, 0.1) is 10.5 Å². The zero-order chi connectivity index (χ0) is 16.9. The lowest BCUT2D eigenvalue weighted by Crippen LogP contribution is -2.29. The Morgan fingerprint density at radius 3 is 2.22 bits per heavy atom. The molecule has 2 nitrogen and oxygen atoms in total. The first-order chi connectivity index (χ1) is 10.7. The van der Waals surface area contributed by atoms with Crippen molar-refractivity contribution in [2.75, 3.05) is 0 Å². The number of thiophene rings is 1. The van der Waals surface area contributed by atoms with Crippen LogP contribution in [0.4, 0.5) is 8.78 Å². The Morgan fingerprint density at radius 2 is 1.70 bits per heavy atom. The molecule has 0 saturated heterocycles. The third kappa shape index (κ3) is 2.59. The normalized spacial score (nSPS) is 16.9. The first-order valence-corrected chi connectivity index (χ1v) is 8.08. The van der Waals surface area contributed by atoms with Crippen LogP contribution in [-0.2, 0) is 9.53 Å². The van der Waals surface area contributed by atoms with E-state index in [-0.39, 0.29) is 16.9 Å². The molecule has 120 valence electrons. The van der Waals surface area contributed by atoms with E-state index in [2.05, 4.69) is 0 Å². The Kier molecular flexibility index (Phi) is 3.64. The second-order valence-electron chi connectivity index (χ2n) is 6.18. The average molecular weight is 334 g/mol. The van der Waals surface area contributed by atoms with Crippen molar-refractivity contribution in [3.05, 3.63) is 56.8 Å². The van der Waals surface area contributed by atoms with Gasteiger partial charge in [0.2, 0.25) is 5.78 Å². The van der Waals surface area contributed by atoms with Crippen LogP contribution in [0.5, 0.6) is 0 Å². The van der Waals surface area contributed by atoms with E-state index in [1.54, 1.807) is 13.8 Å². The fraction of sp³-hybridized carbons (Fsp3) is 0.278. The number of benzene rings is 1. The zero-order valence-electron chi connectivity index (χ0n) is 13.3. The summed E-state index contributed by atoms with van der Waals surface area (Å²) in [5.41, 5.74) is 1.47. The number of rotatable bonds is 2. The van der Waals surface area contributed by atoms with E-state index >= 15 is 0 Å². The quantitative estimate of drug-likeness (QED) is 0.782. The average Bonchev–Trinajstić information content (AvgIpc) is 2.88. The zero-order valence-corrected chi connectivity index (χ0v) is 14.1. The molecule has 0 saturated carbocycles. The molecule has 0 amide bonds. The first kappa shape index (κ1) is 15.9. The molecule has 3 rings (SSSR count). The number of halogens is 2. The van der Waals surface area contributed by atoms with Crippen LogP contribution in [0.2, 0.25) is 0 Å². The van der Waals surface area contributed by atoms with Crippen molar-refractivity contribution >= 4 is 28.5 Å². The molecule has 0 bridgehead atoms. The second kappa shape index (κ2) is 5.27. The Bertz CT molecular complexity index is 826. The Balaban J connectivity index is 2.27. The van der Waals surface area contributed by atoms with Gasteiger partial charge < -0.3 is 4.74 Å². The van der Waals surface area contributed by atoms with Gasteiger partial charge in [0.25, 0.3) is 0 Å². The van der Waals surface area contributed by atoms with Crippen LogP contribution in [0.25, 0.3) is 11.3 Å². The predicted octanol–water partition coefficient (Wildman–Crippen LogP) is 4.89. The number of aryl methyl sites for hydroxylation is 1. The van der Waals surface area contributed by atoms with Gasteiger partial charge >= 0.3 is 0 Å². The molecule has 0 spiro atoms. The summed E-state index contributed by atoms with van der Waals surface area (Å²) in [6.45, 7) is 7.23.